The fourth-order valence-corrected chi connectivity index (χ4v) is 3.67. The molecule has 31 heavy (non-hydrogen) atoms. The number of ether oxygens (including phenoxy) is 1. The van der Waals surface area contributed by atoms with Gasteiger partial charge in [0.15, 0.2) is 5.69 Å². The van der Waals surface area contributed by atoms with Crippen LogP contribution in [0.3, 0.4) is 0 Å². The van der Waals surface area contributed by atoms with Gasteiger partial charge in [0, 0.05) is 23.7 Å². The van der Waals surface area contributed by atoms with Crippen LogP contribution in [0, 0.1) is 0 Å². The Morgan fingerprint density at radius 2 is 1.90 bits per heavy atom. The Morgan fingerprint density at radius 3 is 2.61 bits per heavy atom. The largest absolute Gasteiger partial charge is 0.469 e. The molecule has 156 valence electrons. The maximum Gasteiger partial charge on any atom is 0.435 e. The van der Waals surface area contributed by atoms with E-state index < -0.39 is 17.8 Å². The van der Waals surface area contributed by atoms with Gasteiger partial charge in [-0.05, 0) is 48.9 Å². The van der Waals surface area contributed by atoms with E-state index in [1.54, 1.807) is 24.4 Å². The summed E-state index contributed by atoms with van der Waals surface area (Å²) >= 11 is 0. The van der Waals surface area contributed by atoms with Crippen molar-refractivity contribution in [3.63, 3.8) is 0 Å². The number of hydrogen-bond donors (Lipinski definition) is 0. The van der Waals surface area contributed by atoms with Crippen LogP contribution in [0.1, 0.15) is 27.4 Å². The van der Waals surface area contributed by atoms with E-state index >= 15 is 0 Å². The molecule has 1 aliphatic carbocycles. The SMILES string of the molecule is O=C(Oc1cccnc1)c1ccc(-n2nc(C(F)(F)F)c3c2-c2ccoc2CC3)cc1. The molecule has 0 N–H and O–H groups in total. The summed E-state index contributed by atoms with van der Waals surface area (Å²) in [6, 6.07) is 10.9. The van der Waals surface area contributed by atoms with Gasteiger partial charge in [-0.25, -0.2) is 9.48 Å². The summed E-state index contributed by atoms with van der Waals surface area (Å²) in [6.45, 7) is 0. The molecule has 0 bridgehead atoms. The van der Waals surface area contributed by atoms with Crippen LogP contribution < -0.4 is 4.74 Å². The molecule has 4 aromatic rings. The molecular formula is C22H14F3N3O3. The van der Waals surface area contributed by atoms with Crippen LogP contribution in [0.4, 0.5) is 13.2 Å². The Bertz CT molecular complexity index is 1260. The highest BCUT2D eigenvalue weighted by molar-refractivity contribution is 5.91. The molecule has 0 saturated heterocycles. The van der Waals surface area contributed by atoms with Crippen molar-refractivity contribution in [3.05, 3.63) is 83.7 Å². The van der Waals surface area contributed by atoms with Crippen LogP contribution in [0.15, 0.2) is 65.5 Å². The van der Waals surface area contributed by atoms with E-state index in [2.05, 4.69) is 10.1 Å². The van der Waals surface area contributed by atoms with E-state index in [9.17, 15) is 18.0 Å². The summed E-state index contributed by atoms with van der Waals surface area (Å²) in [5, 5.41) is 3.88. The van der Waals surface area contributed by atoms with Crippen molar-refractivity contribution >= 4 is 5.97 Å². The molecule has 9 heteroatoms. The first-order chi connectivity index (χ1) is 14.9. The third-order valence-corrected chi connectivity index (χ3v) is 5.05. The highest BCUT2D eigenvalue weighted by atomic mass is 19.4. The maximum atomic E-state index is 13.6. The lowest BCUT2D eigenvalue weighted by Crippen LogP contribution is -2.11. The molecule has 3 aromatic heterocycles. The minimum atomic E-state index is -4.58. The van der Waals surface area contributed by atoms with Crippen molar-refractivity contribution in [3.8, 4) is 22.7 Å². The normalized spacial score (nSPS) is 12.9. The number of alkyl halides is 3. The molecule has 0 aliphatic heterocycles. The number of aryl methyl sites for hydroxylation is 1. The number of benzene rings is 1. The van der Waals surface area contributed by atoms with Gasteiger partial charge >= 0.3 is 12.1 Å². The minimum absolute atomic E-state index is 0.140. The predicted molar refractivity (Wildman–Crippen MR) is 103 cm³/mol. The number of fused-ring (bicyclic) bond motifs is 3. The Balaban J connectivity index is 1.53. The Morgan fingerprint density at radius 1 is 1.10 bits per heavy atom. The van der Waals surface area contributed by atoms with Crippen molar-refractivity contribution in [1.82, 2.24) is 14.8 Å². The second-order valence-electron chi connectivity index (χ2n) is 6.97. The quantitative estimate of drug-likeness (QED) is 0.438. The van der Waals surface area contributed by atoms with Crippen LogP contribution >= 0.6 is 0 Å². The maximum absolute atomic E-state index is 13.6. The van der Waals surface area contributed by atoms with E-state index in [-0.39, 0.29) is 17.5 Å². The second kappa shape index (κ2) is 7.12. The monoisotopic (exact) mass is 425 g/mol. The summed E-state index contributed by atoms with van der Waals surface area (Å²) in [4.78, 5) is 16.2. The predicted octanol–water partition coefficient (Wildman–Crippen LogP) is 4.86. The third kappa shape index (κ3) is 3.37. The van der Waals surface area contributed by atoms with Crippen LogP contribution in [0.5, 0.6) is 5.75 Å². The Kier molecular flexibility index (Phi) is 4.39. The molecule has 0 unspecified atom stereocenters. The smallest absolute Gasteiger partial charge is 0.435 e. The first-order valence-corrected chi connectivity index (χ1v) is 9.40. The number of nitrogens with zero attached hydrogens (tertiary/aromatic N) is 3. The lowest BCUT2D eigenvalue weighted by molar-refractivity contribution is -0.142. The highest BCUT2D eigenvalue weighted by Gasteiger charge is 2.41. The zero-order valence-corrected chi connectivity index (χ0v) is 15.9. The van der Waals surface area contributed by atoms with Gasteiger partial charge in [-0.1, -0.05) is 0 Å². The Hall–Kier alpha value is -3.88. The van der Waals surface area contributed by atoms with Gasteiger partial charge in [0.1, 0.15) is 11.5 Å². The molecule has 0 atom stereocenters. The van der Waals surface area contributed by atoms with Gasteiger partial charge in [-0.3, -0.25) is 4.98 Å². The van der Waals surface area contributed by atoms with Crippen LogP contribution in [-0.4, -0.2) is 20.7 Å². The summed E-state index contributed by atoms with van der Waals surface area (Å²) in [6.07, 6.45) is 0.399. The minimum Gasteiger partial charge on any atom is -0.469 e. The lowest BCUT2D eigenvalue weighted by atomic mass is 9.94. The highest BCUT2D eigenvalue weighted by Crippen LogP contribution is 2.42. The Labute approximate surface area is 173 Å². The second-order valence-corrected chi connectivity index (χ2v) is 6.97. The van der Waals surface area contributed by atoms with Crippen LogP contribution in [0.25, 0.3) is 16.9 Å². The van der Waals surface area contributed by atoms with Crippen molar-refractivity contribution in [1.29, 1.82) is 0 Å². The van der Waals surface area contributed by atoms with Crippen molar-refractivity contribution < 1.29 is 27.1 Å². The summed E-state index contributed by atoms with van der Waals surface area (Å²) < 4.78 is 52.8. The van der Waals surface area contributed by atoms with Crippen molar-refractivity contribution in [2.45, 2.75) is 19.0 Å². The van der Waals surface area contributed by atoms with Gasteiger partial charge in [-0.2, -0.15) is 18.3 Å². The van der Waals surface area contributed by atoms with Crippen LogP contribution in [-0.2, 0) is 19.0 Å². The average molecular weight is 425 g/mol. The summed E-state index contributed by atoms with van der Waals surface area (Å²) in [5.41, 5.74) is 0.806. The lowest BCUT2D eigenvalue weighted by Gasteiger charge is -2.15. The fourth-order valence-electron chi connectivity index (χ4n) is 3.67. The zero-order valence-electron chi connectivity index (χ0n) is 15.9. The summed E-state index contributed by atoms with van der Waals surface area (Å²) in [7, 11) is 0. The van der Waals surface area contributed by atoms with E-state index in [1.807, 2.05) is 0 Å². The first kappa shape index (κ1) is 19.1. The number of carbonyl (C=O) groups is 1. The number of aromatic nitrogens is 3. The number of hydrogen-bond acceptors (Lipinski definition) is 5. The van der Waals surface area contributed by atoms with E-state index in [1.165, 1.54) is 41.4 Å². The molecule has 6 nitrogen and oxygen atoms in total. The number of carbonyl (C=O) groups excluding carboxylic acids is 1. The molecule has 0 radical (unpaired) electrons. The molecule has 0 spiro atoms. The first-order valence-electron chi connectivity index (χ1n) is 9.40. The van der Waals surface area contributed by atoms with E-state index in [0.29, 0.717) is 34.9 Å². The van der Waals surface area contributed by atoms with E-state index in [0.717, 1.165) is 0 Å². The number of esters is 1. The number of furan rings is 1. The van der Waals surface area contributed by atoms with Crippen molar-refractivity contribution in [2.75, 3.05) is 0 Å². The zero-order chi connectivity index (χ0) is 21.6. The molecular weight excluding hydrogens is 411 g/mol. The number of halogens is 3. The molecule has 0 fully saturated rings. The summed E-state index contributed by atoms with van der Waals surface area (Å²) in [5.74, 6) is 0.314. The third-order valence-electron chi connectivity index (χ3n) is 5.05. The van der Waals surface area contributed by atoms with E-state index in [4.69, 9.17) is 9.15 Å². The van der Waals surface area contributed by atoms with Gasteiger partial charge in [0.25, 0.3) is 0 Å². The molecule has 3 heterocycles. The van der Waals surface area contributed by atoms with Crippen LogP contribution in [0.2, 0.25) is 0 Å². The van der Waals surface area contributed by atoms with Crippen molar-refractivity contribution in [2.24, 2.45) is 0 Å². The fraction of sp³-hybridized carbons (Fsp3) is 0.136. The average Bonchev–Trinajstić information content (AvgIpc) is 3.38. The molecule has 1 aromatic carbocycles. The molecule has 0 amide bonds. The van der Waals surface area contributed by atoms with Gasteiger partial charge in [0.2, 0.25) is 0 Å². The molecule has 5 rings (SSSR count). The van der Waals surface area contributed by atoms with Gasteiger partial charge in [-0.15, -0.1) is 0 Å². The number of rotatable bonds is 3. The number of pyridine rings is 1. The standard InChI is InChI=1S/C22H14F3N3O3/c23-22(24,25)20-17-7-8-18-16(9-11-30-18)19(17)28(27-20)14-5-3-13(4-6-14)21(29)31-15-2-1-10-26-12-15/h1-6,9-12H,7-8H2. The topological polar surface area (TPSA) is 70.2 Å². The van der Waals surface area contributed by atoms with Gasteiger partial charge in [0.05, 0.1) is 29.4 Å². The molecule has 1 aliphatic rings. The molecule has 0 saturated carbocycles. The van der Waals surface area contributed by atoms with Gasteiger partial charge < -0.3 is 9.15 Å².